The Labute approximate surface area is 193 Å². The van der Waals surface area contributed by atoms with E-state index in [0.717, 1.165) is 56.8 Å². The number of anilines is 1. The van der Waals surface area contributed by atoms with Gasteiger partial charge in [0.1, 0.15) is 0 Å². The van der Waals surface area contributed by atoms with Crippen molar-refractivity contribution in [3.63, 3.8) is 0 Å². The minimum absolute atomic E-state index is 0.0907. The molecular formula is C24H34F3N3O3. The summed E-state index contributed by atoms with van der Waals surface area (Å²) in [5, 5.41) is 0. The summed E-state index contributed by atoms with van der Waals surface area (Å²) < 4.78 is 43.7. The van der Waals surface area contributed by atoms with Crippen molar-refractivity contribution in [1.29, 1.82) is 0 Å². The van der Waals surface area contributed by atoms with E-state index in [0.29, 0.717) is 25.6 Å². The lowest BCUT2D eigenvalue weighted by Gasteiger charge is -2.36. The molecule has 1 aromatic rings. The normalized spacial score (nSPS) is 20.0. The Kier molecular flexibility index (Phi) is 9.14. The van der Waals surface area contributed by atoms with Gasteiger partial charge in [-0.1, -0.05) is 18.2 Å². The second-order valence-electron chi connectivity index (χ2n) is 8.82. The predicted octanol–water partition coefficient (Wildman–Crippen LogP) is 3.99. The molecule has 0 aromatic heterocycles. The Balaban J connectivity index is 1.84. The Morgan fingerprint density at radius 2 is 1.70 bits per heavy atom. The van der Waals surface area contributed by atoms with Crippen LogP contribution >= 0.6 is 0 Å². The minimum Gasteiger partial charge on any atom is -0.381 e. The maximum Gasteiger partial charge on any atom is 0.389 e. The number of alkyl halides is 3. The van der Waals surface area contributed by atoms with Crippen molar-refractivity contribution in [3.05, 3.63) is 29.8 Å². The van der Waals surface area contributed by atoms with Crippen LogP contribution in [0.5, 0.6) is 0 Å². The van der Waals surface area contributed by atoms with Crippen LogP contribution in [0, 0.1) is 0 Å². The lowest BCUT2D eigenvalue weighted by Crippen LogP contribution is -2.43. The van der Waals surface area contributed by atoms with Gasteiger partial charge < -0.3 is 19.4 Å². The molecule has 0 saturated carbocycles. The third-order valence-electron chi connectivity index (χ3n) is 6.41. The zero-order chi connectivity index (χ0) is 23.8. The van der Waals surface area contributed by atoms with E-state index in [1.165, 1.54) is 11.8 Å². The van der Waals surface area contributed by atoms with Gasteiger partial charge in [-0.3, -0.25) is 9.59 Å². The van der Waals surface area contributed by atoms with Gasteiger partial charge in [-0.25, -0.2) is 0 Å². The number of benzene rings is 1. The number of carbonyl (C=O) groups excluding carboxylic acids is 2. The average molecular weight is 470 g/mol. The predicted molar refractivity (Wildman–Crippen MR) is 120 cm³/mol. The Morgan fingerprint density at radius 1 is 1.03 bits per heavy atom. The van der Waals surface area contributed by atoms with Crippen LogP contribution in [0.25, 0.3) is 0 Å². The summed E-state index contributed by atoms with van der Waals surface area (Å²) >= 11 is 0. The number of ether oxygens (including phenoxy) is 1. The molecule has 2 heterocycles. The van der Waals surface area contributed by atoms with Crippen LogP contribution in [0.15, 0.2) is 24.3 Å². The summed E-state index contributed by atoms with van der Waals surface area (Å²) in [6, 6.07) is 7.74. The number of hydrogen-bond acceptors (Lipinski definition) is 4. The highest BCUT2D eigenvalue weighted by Gasteiger charge is 2.30. The third-order valence-corrected chi connectivity index (χ3v) is 6.41. The number of rotatable bonds is 3. The summed E-state index contributed by atoms with van der Waals surface area (Å²) in [6.07, 6.45) is -2.68. The van der Waals surface area contributed by atoms with Gasteiger partial charge in [0.05, 0.1) is 6.42 Å². The minimum atomic E-state index is -4.37. The van der Waals surface area contributed by atoms with E-state index in [9.17, 15) is 22.8 Å². The van der Waals surface area contributed by atoms with Gasteiger partial charge in [0, 0.05) is 71.0 Å². The van der Waals surface area contributed by atoms with Gasteiger partial charge in [0.25, 0.3) is 0 Å². The molecule has 0 radical (unpaired) electrons. The van der Waals surface area contributed by atoms with Gasteiger partial charge in [-0.05, 0) is 37.3 Å². The second kappa shape index (κ2) is 11.8. The number of para-hydroxylation sites is 1. The molecule has 0 N–H and O–H groups in total. The zero-order valence-corrected chi connectivity index (χ0v) is 19.3. The molecule has 184 valence electrons. The Hall–Kier alpha value is -2.13. The first-order valence-electron chi connectivity index (χ1n) is 11.8. The van der Waals surface area contributed by atoms with Crippen molar-refractivity contribution in [2.24, 2.45) is 0 Å². The van der Waals surface area contributed by atoms with Crippen LogP contribution in [0.1, 0.15) is 51.0 Å². The van der Waals surface area contributed by atoms with E-state index in [1.54, 1.807) is 4.90 Å². The lowest BCUT2D eigenvalue weighted by molar-refractivity contribution is -0.149. The van der Waals surface area contributed by atoms with E-state index in [-0.39, 0.29) is 12.5 Å². The third kappa shape index (κ3) is 7.71. The number of nitrogens with zero attached hydrogens (tertiary/aromatic N) is 3. The number of amides is 2. The molecule has 33 heavy (non-hydrogen) atoms. The van der Waals surface area contributed by atoms with Gasteiger partial charge in [-0.2, -0.15) is 13.2 Å². The molecule has 6 nitrogen and oxygen atoms in total. The largest absolute Gasteiger partial charge is 0.389 e. The maximum atomic E-state index is 12.8. The molecule has 0 bridgehead atoms. The fourth-order valence-electron chi connectivity index (χ4n) is 4.68. The van der Waals surface area contributed by atoms with Crippen LogP contribution in [-0.4, -0.2) is 73.2 Å². The van der Waals surface area contributed by atoms with Crippen LogP contribution in [-0.2, 0) is 20.9 Å². The summed E-state index contributed by atoms with van der Waals surface area (Å²) in [5.74, 6) is -0.599. The molecule has 0 spiro atoms. The van der Waals surface area contributed by atoms with Crippen LogP contribution in [0.2, 0.25) is 0 Å². The molecule has 2 amide bonds. The van der Waals surface area contributed by atoms with Crippen molar-refractivity contribution in [3.8, 4) is 0 Å². The first-order chi connectivity index (χ1) is 15.7. The summed E-state index contributed by atoms with van der Waals surface area (Å²) in [7, 11) is 0. The Morgan fingerprint density at radius 3 is 2.36 bits per heavy atom. The SMILES string of the molecule is CC(=O)N1CCCN(C2CCOCC2)CCCN(C(=O)CCC(F)(F)F)Cc2ccccc21. The first-order valence-corrected chi connectivity index (χ1v) is 11.8. The highest BCUT2D eigenvalue weighted by molar-refractivity contribution is 5.92. The molecule has 0 unspecified atom stereocenters. The fourth-order valence-corrected chi connectivity index (χ4v) is 4.68. The van der Waals surface area contributed by atoms with E-state index in [1.807, 2.05) is 24.3 Å². The van der Waals surface area contributed by atoms with E-state index in [4.69, 9.17) is 4.74 Å². The molecular weight excluding hydrogens is 435 g/mol. The maximum absolute atomic E-state index is 12.8. The monoisotopic (exact) mass is 469 g/mol. The van der Waals surface area contributed by atoms with Gasteiger partial charge >= 0.3 is 6.18 Å². The van der Waals surface area contributed by atoms with Crippen molar-refractivity contribution in [1.82, 2.24) is 9.80 Å². The van der Waals surface area contributed by atoms with Crippen LogP contribution in [0.4, 0.5) is 18.9 Å². The van der Waals surface area contributed by atoms with Crippen molar-refractivity contribution in [2.45, 2.75) is 64.2 Å². The summed E-state index contributed by atoms with van der Waals surface area (Å²) in [6.45, 7) is 5.65. The topological polar surface area (TPSA) is 53.1 Å². The first kappa shape index (κ1) is 25.5. The molecule has 2 aliphatic heterocycles. The van der Waals surface area contributed by atoms with Crippen LogP contribution in [0.3, 0.4) is 0 Å². The lowest BCUT2D eigenvalue weighted by atomic mass is 10.1. The quantitative estimate of drug-likeness (QED) is 0.672. The molecule has 0 atom stereocenters. The highest BCUT2D eigenvalue weighted by atomic mass is 19.4. The Bertz CT molecular complexity index is 797. The molecule has 1 aromatic carbocycles. The number of halogens is 3. The van der Waals surface area contributed by atoms with Gasteiger partial charge in [0.2, 0.25) is 11.8 Å². The van der Waals surface area contributed by atoms with E-state index >= 15 is 0 Å². The molecule has 1 fully saturated rings. The number of fused-ring (bicyclic) bond motifs is 1. The summed E-state index contributed by atoms with van der Waals surface area (Å²) in [5.41, 5.74) is 1.49. The van der Waals surface area contributed by atoms with Gasteiger partial charge in [-0.15, -0.1) is 0 Å². The smallest absolute Gasteiger partial charge is 0.381 e. The molecule has 0 aliphatic carbocycles. The number of carbonyl (C=O) groups is 2. The zero-order valence-electron chi connectivity index (χ0n) is 19.3. The fraction of sp³-hybridized carbons (Fsp3) is 0.667. The molecule has 9 heteroatoms. The van der Waals surface area contributed by atoms with Crippen molar-refractivity contribution < 1.29 is 27.5 Å². The summed E-state index contributed by atoms with van der Waals surface area (Å²) in [4.78, 5) is 30.9. The average Bonchev–Trinajstić information content (AvgIpc) is 2.77. The molecule has 2 aliphatic rings. The molecule has 3 rings (SSSR count). The highest BCUT2D eigenvalue weighted by Crippen LogP contribution is 2.26. The van der Waals surface area contributed by atoms with Crippen LogP contribution < -0.4 is 4.90 Å². The standard InChI is InChI=1S/C24H34F3N3O3/c1-19(31)30-15-5-13-28(21-9-16-33-17-10-21)12-4-14-29(23(32)8-11-24(25,26)27)18-20-6-2-3-7-22(20)30/h2-3,6-7,21H,4-5,8-18H2,1H3. The van der Waals surface area contributed by atoms with Crippen molar-refractivity contribution >= 4 is 17.5 Å². The van der Waals surface area contributed by atoms with E-state index < -0.39 is 24.9 Å². The van der Waals surface area contributed by atoms with E-state index in [2.05, 4.69) is 4.90 Å². The van der Waals surface area contributed by atoms with Gasteiger partial charge in [0.15, 0.2) is 0 Å². The second-order valence-corrected chi connectivity index (χ2v) is 8.82. The van der Waals surface area contributed by atoms with Crippen molar-refractivity contribution in [2.75, 3.05) is 44.3 Å². The molecule has 1 saturated heterocycles. The number of hydrogen-bond donors (Lipinski definition) is 0.